The van der Waals surface area contributed by atoms with Crippen molar-refractivity contribution >= 4 is 0 Å². The van der Waals surface area contributed by atoms with Crippen LogP contribution in [0.2, 0.25) is 0 Å². The first-order chi connectivity index (χ1) is 5.93. The van der Waals surface area contributed by atoms with Crippen LogP contribution < -0.4 is 5.32 Å². The van der Waals surface area contributed by atoms with Crippen LogP contribution >= 0.6 is 0 Å². The molecule has 0 aromatic carbocycles. The molecule has 0 spiro atoms. The fourth-order valence-electron chi connectivity index (χ4n) is 1.54. The van der Waals surface area contributed by atoms with Crippen molar-refractivity contribution < 1.29 is 4.74 Å². The quantitative estimate of drug-likeness (QED) is 0.584. The van der Waals surface area contributed by atoms with E-state index < -0.39 is 0 Å². The van der Waals surface area contributed by atoms with Gasteiger partial charge in [-0.05, 0) is 25.9 Å². The predicted molar refractivity (Wildman–Crippen MR) is 50.4 cm³/mol. The van der Waals surface area contributed by atoms with Crippen LogP contribution in [0.5, 0.6) is 0 Å². The van der Waals surface area contributed by atoms with Gasteiger partial charge in [-0.15, -0.1) is 0 Å². The van der Waals surface area contributed by atoms with Crippen molar-refractivity contribution in [2.75, 3.05) is 46.4 Å². The second-order valence-corrected chi connectivity index (χ2v) is 3.29. The molecule has 0 amide bonds. The Hall–Kier alpha value is -0.120. The number of methoxy groups -OCH3 is 1. The van der Waals surface area contributed by atoms with Gasteiger partial charge in [0.05, 0.1) is 6.61 Å². The number of hydrogen-bond donors (Lipinski definition) is 1. The van der Waals surface area contributed by atoms with E-state index in [4.69, 9.17) is 4.74 Å². The molecule has 0 bridgehead atoms. The molecule has 12 heavy (non-hydrogen) atoms. The number of nitrogens with zero attached hydrogens (tertiary/aromatic N) is 1. The van der Waals surface area contributed by atoms with Crippen LogP contribution in [0.3, 0.4) is 0 Å². The zero-order chi connectivity index (χ0) is 8.65. The Balaban J connectivity index is 1.81. The van der Waals surface area contributed by atoms with Gasteiger partial charge in [-0.2, -0.15) is 0 Å². The SMILES string of the molecule is COCCNCCN1CCCC1. The van der Waals surface area contributed by atoms with E-state index in [1.807, 2.05) is 0 Å². The highest BCUT2D eigenvalue weighted by molar-refractivity contribution is 4.66. The molecule has 1 fully saturated rings. The minimum absolute atomic E-state index is 0.819. The van der Waals surface area contributed by atoms with Gasteiger partial charge in [0.1, 0.15) is 0 Å². The minimum Gasteiger partial charge on any atom is -0.383 e. The fraction of sp³-hybridized carbons (Fsp3) is 1.00. The molecule has 1 N–H and O–H groups in total. The van der Waals surface area contributed by atoms with E-state index in [9.17, 15) is 0 Å². The second-order valence-electron chi connectivity index (χ2n) is 3.29. The summed E-state index contributed by atoms with van der Waals surface area (Å²) < 4.78 is 4.94. The van der Waals surface area contributed by atoms with Crippen molar-refractivity contribution in [1.29, 1.82) is 0 Å². The van der Waals surface area contributed by atoms with E-state index in [1.165, 1.54) is 32.5 Å². The average Bonchev–Trinajstić information content (AvgIpc) is 2.57. The molecule has 1 rings (SSSR count). The average molecular weight is 172 g/mol. The first-order valence-corrected chi connectivity index (χ1v) is 4.85. The molecule has 1 aliphatic rings. The van der Waals surface area contributed by atoms with Crippen molar-refractivity contribution in [3.8, 4) is 0 Å². The molecule has 1 heterocycles. The molecule has 1 aliphatic heterocycles. The molecule has 1 saturated heterocycles. The van der Waals surface area contributed by atoms with Crippen LogP contribution in [-0.2, 0) is 4.74 Å². The highest BCUT2D eigenvalue weighted by Gasteiger charge is 2.09. The Morgan fingerprint density at radius 1 is 1.25 bits per heavy atom. The lowest BCUT2D eigenvalue weighted by molar-refractivity contribution is 0.198. The van der Waals surface area contributed by atoms with E-state index >= 15 is 0 Å². The van der Waals surface area contributed by atoms with Crippen molar-refractivity contribution in [2.45, 2.75) is 12.8 Å². The van der Waals surface area contributed by atoms with Gasteiger partial charge in [-0.25, -0.2) is 0 Å². The summed E-state index contributed by atoms with van der Waals surface area (Å²) in [6, 6.07) is 0. The highest BCUT2D eigenvalue weighted by Crippen LogP contribution is 2.05. The molecule has 0 radical (unpaired) electrons. The topological polar surface area (TPSA) is 24.5 Å². The summed E-state index contributed by atoms with van der Waals surface area (Å²) in [5.41, 5.74) is 0. The third-order valence-electron chi connectivity index (χ3n) is 2.29. The van der Waals surface area contributed by atoms with Crippen molar-refractivity contribution in [3.63, 3.8) is 0 Å². The first-order valence-electron chi connectivity index (χ1n) is 4.85. The van der Waals surface area contributed by atoms with Crippen LogP contribution in [0.1, 0.15) is 12.8 Å². The summed E-state index contributed by atoms with van der Waals surface area (Å²) in [5.74, 6) is 0. The fourth-order valence-corrected chi connectivity index (χ4v) is 1.54. The molecular formula is C9H20N2O. The summed E-state index contributed by atoms with van der Waals surface area (Å²) in [4.78, 5) is 2.51. The zero-order valence-electron chi connectivity index (χ0n) is 8.01. The van der Waals surface area contributed by atoms with Gasteiger partial charge in [0.2, 0.25) is 0 Å². The Morgan fingerprint density at radius 2 is 2.00 bits per heavy atom. The lowest BCUT2D eigenvalue weighted by Gasteiger charge is -2.14. The third kappa shape index (κ3) is 4.04. The molecule has 0 saturated carbocycles. The largest absolute Gasteiger partial charge is 0.383 e. The third-order valence-corrected chi connectivity index (χ3v) is 2.29. The molecule has 0 unspecified atom stereocenters. The van der Waals surface area contributed by atoms with Gasteiger partial charge in [0.25, 0.3) is 0 Å². The zero-order valence-corrected chi connectivity index (χ0v) is 8.01. The van der Waals surface area contributed by atoms with Crippen LogP contribution in [-0.4, -0.2) is 51.3 Å². The van der Waals surface area contributed by atoms with Gasteiger partial charge in [-0.1, -0.05) is 0 Å². The summed E-state index contributed by atoms with van der Waals surface area (Å²) in [7, 11) is 1.74. The van der Waals surface area contributed by atoms with Crippen molar-refractivity contribution in [3.05, 3.63) is 0 Å². The maximum atomic E-state index is 4.94. The smallest absolute Gasteiger partial charge is 0.0587 e. The summed E-state index contributed by atoms with van der Waals surface area (Å²) in [6.45, 7) is 6.69. The molecule has 72 valence electrons. The molecule has 0 aromatic heterocycles. The number of nitrogens with one attached hydrogen (secondary N) is 1. The molecule has 0 aromatic rings. The Bertz CT molecular complexity index is 103. The van der Waals surface area contributed by atoms with Crippen LogP contribution in [0.4, 0.5) is 0 Å². The summed E-state index contributed by atoms with van der Waals surface area (Å²) >= 11 is 0. The molecule has 0 atom stereocenters. The van der Waals surface area contributed by atoms with Gasteiger partial charge in [-0.3, -0.25) is 0 Å². The monoisotopic (exact) mass is 172 g/mol. The Morgan fingerprint density at radius 3 is 2.67 bits per heavy atom. The van der Waals surface area contributed by atoms with Crippen molar-refractivity contribution in [2.24, 2.45) is 0 Å². The van der Waals surface area contributed by atoms with E-state index in [0.29, 0.717) is 0 Å². The highest BCUT2D eigenvalue weighted by atomic mass is 16.5. The first kappa shape index (κ1) is 9.96. The molecule has 3 nitrogen and oxygen atoms in total. The van der Waals surface area contributed by atoms with Gasteiger partial charge in [0.15, 0.2) is 0 Å². The summed E-state index contributed by atoms with van der Waals surface area (Å²) in [5, 5.41) is 3.35. The number of hydrogen-bond acceptors (Lipinski definition) is 3. The molecular weight excluding hydrogens is 152 g/mol. The van der Waals surface area contributed by atoms with Crippen LogP contribution in [0, 0.1) is 0 Å². The maximum Gasteiger partial charge on any atom is 0.0587 e. The normalized spacial score (nSPS) is 18.8. The lowest BCUT2D eigenvalue weighted by atomic mass is 10.4. The standard InChI is InChI=1S/C9H20N2O/c1-12-9-5-10-4-8-11-6-2-3-7-11/h10H,2-9H2,1H3. The van der Waals surface area contributed by atoms with E-state index in [-0.39, 0.29) is 0 Å². The minimum atomic E-state index is 0.819. The predicted octanol–water partition coefficient (Wildman–Crippen LogP) is 0.318. The van der Waals surface area contributed by atoms with E-state index in [2.05, 4.69) is 10.2 Å². The lowest BCUT2D eigenvalue weighted by Crippen LogP contribution is -2.31. The summed E-state index contributed by atoms with van der Waals surface area (Å²) in [6.07, 6.45) is 2.77. The maximum absolute atomic E-state index is 4.94. The van der Waals surface area contributed by atoms with E-state index in [0.717, 1.165) is 19.7 Å². The van der Waals surface area contributed by atoms with E-state index in [1.54, 1.807) is 7.11 Å². The van der Waals surface area contributed by atoms with Crippen LogP contribution in [0.25, 0.3) is 0 Å². The molecule has 0 aliphatic carbocycles. The second kappa shape index (κ2) is 6.40. The Labute approximate surface area is 75.1 Å². The Kier molecular flexibility index (Phi) is 5.32. The van der Waals surface area contributed by atoms with Gasteiger partial charge in [0, 0.05) is 26.7 Å². The van der Waals surface area contributed by atoms with Gasteiger partial charge < -0.3 is 15.0 Å². The number of ether oxygens (including phenoxy) is 1. The van der Waals surface area contributed by atoms with Gasteiger partial charge >= 0.3 is 0 Å². The number of rotatable bonds is 6. The number of likely N-dealkylation sites (tertiary alicyclic amines) is 1. The molecule has 3 heteroatoms. The van der Waals surface area contributed by atoms with Crippen LogP contribution in [0.15, 0.2) is 0 Å². The van der Waals surface area contributed by atoms with Crippen molar-refractivity contribution in [1.82, 2.24) is 10.2 Å².